The minimum atomic E-state index is -0.375. The molecule has 2 rings (SSSR count). The van der Waals surface area contributed by atoms with Crippen LogP contribution in [-0.4, -0.2) is 38.7 Å². The molecule has 0 saturated carbocycles. The number of nitrogens with one attached hydrogen (secondary N) is 2. The van der Waals surface area contributed by atoms with Crippen LogP contribution in [0.1, 0.15) is 19.4 Å². The lowest BCUT2D eigenvalue weighted by Crippen LogP contribution is -2.31. The molecule has 7 nitrogen and oxygen atoms in total. The van der Waals surface area contributed by atoms with Gasteiger partial charge in [-0.1, -0.05) is 6.07 Å². The molecule has 2 N–H and O–H groups in total. The number of carbonyl (C=O) groups excluding carboxylic acids is 2. The van der Waals surface area contributed by atoms with E-state index in [0.29, 0.717) is 30.4 Å². The van der Waals surface area contributed by atoms with Crippen molar-refractivity contribution in [3.05, 3.63) is 54.1 Å². The smallest absolute Gasteiger partial charge is 0.244 e. The van der Waals surface area contributed by atoms with Gasteiger partial charge in [0.25, 0.3) is 0 Å². The highest BCUT2D eigenvalue weighted by molar-refractivity contribution is 5.98. The Kier molecular flexibility index (Phi) is 8.56. The average Bonchev–Trinajstić information content (AvgIpc) is 2.73. The second-order valence-electron chi connectivity index (χ2n) is 5.90. The lowest BCUT2D eigenvalue weighted by molar-refractivity contribution is -0.121. The molecule has 0 aliphatic rings. The molecule has 0 aromatic heterocycles. The Labute approximate surface area is 170 Å². The highest BCUT2D eigenvalue weighted by Gasteiger charge is 2.06. The number of ether oxygens (including phenoxy) is 3. The van der Waals surface area contributed by atoms with Crippen LogP contribution >= 0.6 is 0 Å². The Bertz CT molecular complexity index is 847. The maximum atomic E-state index is 12.0. The van der Waals surface area contributed by atoms with Crippen LogP contribution in [0, 0.1) is 0 Å². The van der Waals surface area contributed by atoms with Crippen LogP contribution in [0.25, 0.3) is 6.08 Å². The highest BCUT2D eigenvalue weighted by atomic mass is 16.5. The molecule has 0 fully saturated rings. The fourth-order valence-corrected chi connectivity index (χ4v) is 2.47. The number of hydrogen-bond donors (Lipinski definition) is 2. The van der Waals surface area contributed by atoms with Crippen molar-refractivity contribution in [2.24, 2.45) is 0 Å². The van der Waals surface area contributed by atoms with Crippen molar-refractivity contribution in [2.75, 3.05) is 32.2 Å². The Morgan fingerprint density at radius 1 is 0.966 bits per heavy atom. The summed E-state index contributed by atoms with van der Waals surface area (Å²) in [5, 5.41) is 5.26. The normalized spacial score (nSPS) is 10.4. The van der Waals surface area contributed by atoms with Gasteiger partial charge in [0.2, 0.25) is 11.8 Å². The molecule has 0 saturated heterocycles. The maximum absolute atomic E-state index is 12.0. The summed E-state index contributed by atoms with van der Waals surface area (Å²) in [7, 11) is 1.56. The number of hydrogen-bond acceptors (Lipinski definition) is 5. The van der Waals surface area contributed by atoms with Crippen molar-refractivity contribution in [1.29, 1.82) is 0 Å². The molecular formula is C22H26N2O5. The van der Waals surface area contributed by atoms with Crippen LogP contribution in [0.15, 0.2) is 48.5 Å². The fraction of sp³-hybridized carbons (Fsp3) is 0.273. The van der Waals surface area contributed by atoms with E-state index >= 15 is 0 Å². The van der Waals surface area contributed by atoms with Crippen molar-refractivity contribution in [2.45, 2.75) is 13.8 Å². The molecule has 2 amide bonds. The molecule has 0 radical (unpaired) electrons. The van der Waals surface area contributed by atoms with Crippen molar-refractivity contribution in [3.63, 3.8) is 0 Å². The molecular weight excluding hydrogens is 372 g/mol. The number of carbonyl (C=O) groups is 2. The Balaban J connectivity index is 1.83. The first-order valence-electron chi connectivity index (χ1n) is 9.35. The van der Waals surface area contributed by atoms with E-state index < -0.39 is 0 Å². The zero-order chi connectivity index (χ0) is 21.1. The molecule has 2 aromatic rings. The second kappa shape index (κ2) is 11.4. The van der Waals surface area contributed by atoms with Crippen molar-refractivity contribution in [1.82, 2.24) is 5.32 Å². The molecule has 0 aliphatic carbocycles. The van der Waals surface area contributed by atoms with Gasteiger partial charge in [0, 0.05) is 11.8 Å². The van der Waals surface area contributed by atoms with Crippen molar-refractivity contribution < 1.29 is 23.8 Å². The van der Waals surface area contributed by atoms with Gasteiger partial charge >= 0.3 is 0 Å². The summed E-state index contributed by atoms with van der Waals surface area (Å²) in [5.74, 6) is 1.26. The predicted octanol–water partition coefficient (Wildman–Crippen LogP) is 3.26. The third kappa shape index (κ3) is 7.21. The summed E-state index contributed by atoms with van der Waals surface area (Å²) in [5.41, 5.74) is 1.41. The first-order chi connectivity index (χ1) is 14.0. The minimum absolute atomic E-state index is 0.136. The molecule has 154 valence electrons. The van der Waals surface area contributed by atoms with E-state index in [9.17, 15) is 9.59 Å². The van der Waals surface area contributed by atoms with E-state index in [-0.39, 0.29) is 18.4 Å². The molecule has 0 aliphatic heterocycles. The zero-order valence-electron chi connectivity index (χ0n) is 16.9. The summed E-state index contributed by atoms with van der Waals surface area (Å²) >= 11 is 0. The molecule has 0 bridgehead atoms. The van der Waals surface area contributed by atoms with Gasteiger partial charge in [0.1, 0.15) is 5.75 Å². The van der Waals surface area contributed by atoms with Gasteiger partial charge in [-0.25, -0.2) is 0 Å². The van der Waals surface area contributed by atoms with Gasteiger partial charge in [-0.2, -0.15) is 0 Å². The van der Waals surface area contributed by atoms with Gasteiger partial charge in [-0.05, 0) is 61.9 Å². The van der Waals surface area contributed by atoms with Crippen LogP contribution < -0.4 is 24.8 Å². The number of rotatable bonds is 10. The molecule has 0 unspecified atom stereocenters. The van der Waals surface area contributed by atoms with Crippen LogP contribution in [0.5, 0.6) is 17.2 Å². The van der Waals surface area contributed by atoms with Gasteiger partial charge in [0.05, 0.1) is 26.9 Å². The maximum Gasteiger partial charge on any atom is 0.244 e. The topological polar surface area (TPSA) is 85.9 Å². The van der Waals surface area contributed by atoms with Crippen LogP contribution in [0.2, 0.25) is 0 Å². The summed E-state index contributed by atoms with van der Waals surface area (Å²) in [4.78, 5) is 23.9. The molecule has 0 heterocycles. The van der Waals surface area contributed by atoms with Gasteiger partial charge in [-0.15, -0.1) is 0 Å². The lowest BCUT2D eigenvalue weighted by Gasteiger charge is -2.09. The van der Waals surface area contributed by atoms with E-state index in [1.807, 2.05) is 19.9 Å². The van der Waals surface area contributed by atoms with Crippen LogP contribution in [0.4, 0.5) is 5.69 Å². The summed E-state index contributed by atoms with van der Waals surface area (Å²) in [6, 6.07) is 12.4. The van der Waals surface area contributed by atoms with Crippen LogP contribution in [-0.2, 0) is 9.59 Å². The number of methoxy groups -OCH3 is 1. The Morgan fingerprint density at radius 3 is 2.34 bits per heavy atom. The monoisotopic (exact) mass is 398 g/mol. The van der Waals surface area contributed by atoms with E-state index in [1.54, 1.807) is 49.6 Å². The highest BCUT2D eigenvalue weighted by Crippen LogP contribution is 2.28. The van der Waals surface area contributed by atoms with Crippen molar-refractivity contribution in [3.8, 4) is 17.2 Å². The van der Waals surface area contributed by atoms with Crippen LogP contribution in [0.3, 0.4) is 0 Å². The number of anilines is 1. The van der Waals surface area contributed by atoms with Gasteiger partial charge in [0.15, 0.2) is 11.5 Å². The summed E-state index contributed by atoms with van der Waals surface area (Å²) in [6.45, 7) is 4.77. The fourth-order valence-electron chi connectivity index (χ4n) is 2.47. The molecule has 0 atom stereocenters. The van der Waals surface area contributed by atoms with E-state index in [4.69, 9.17) is 14.2 Å². The standard InChI is InChI=1S/C22H26N2O5/c1-4-28-18-10-8-17(9-11-18)24-22(26)15-23-21(25)13-7-16-6-12-19(29-5-2)20(14-16)27-3/h6-14H,4-5,15H2,1-3H3,(H,23,25)(H,24,26)/b13-7+. The Morgan fingerprint density at radius 2 is 1.69 bits per heavy atom. The molecule has 29 heavy (non-hydrogen) atoms. The largest absolute Gasteiger partial charge is 0.494 e. The predicted molar refractivity (Wildman–Crippen MR) is 112 cm³/mol. The zero-order valence-corrected chi connectivity index (χ0v) is 16.9. The molecule has 2 aromatic carbocycles. The molecule has 0 spiro atoms. The first kappa shape index (κ1) is 21.8. The van der Waals surface area contributed by atoms with E-state index in [0.717, 1.165) is 11.3 Å². The Hall–Kier alpha value is -3.48. The lowest BCUT2D eigenvalue weighted by atomic mass is 10.2. The third-order valence-corrected chi connectivity index (χ3v) is 3.79. The van der Waals surface area contributed by atoms with Crippen molar-refractivity contribution >= 4 is 23.6 Å². The SMILES string of the molecule is CCOc1ccc(NC(=O)CNC(=O)/C=C/c2ccc(OCC)c(OC)c2)cc1. The number of benzene rings is 2. The second-order valence-corrected chi connectivity index (χ2v) is 5.90. The quantitative estimate of drug-likeness (QED) is 0.600. The summed E-state index contributed by atoms with van der Waals surface area (Å²) < 4.78 is 16.1. The van der Waals surface area contributed by atoms with E-state index in [1.165, 1.54) is 6.08 Å². The average molecular weight is 398 g/mol. The third-order valence-electron chi connectivity index (χ3n) is 3.79. The van der Waals surface area contributed by atoms with Gasteiger partial charge < -0.3 is 24.8 Å². The number of amides is 2. The van der Waals surface area contributed by atoms with E-state index in [2.05, 4.69) is 10.6 Å². The summed E-state index contributed by atoms with van der Waals surface area (Å²) in [6.07, 6.45) is 3.00. The molecule has 7 heteroatoms. The van der Waals surface area contributed by atoms with Gasteiger partial charge in [-0.3, -0.25) is 9.59 Å². The minimum Gasteiger partial charge on any atom is -0.494 e. The first-order valence-corrected chi connectivity index (χ1v) is 9.35.